The Kier molecular flexibility index (Phi) is 4.54. The number of hydrogen-bond donors (Lipinski definition) is 1. The molecule has 2 rings (SSSR count). The molecule has 1 aliphatic rings. The van der Waals surface area contributed by atoms with Crippen LogP contribution in [0.3, 0.4) is 0 Å². The molecule has 0 saturated heterocycles. The fraction of sp³-hybridized carbons (Fsp3) is 0.571. The lowest BCUT2D eigenvalue weighted by atomic mass is 9.98. The van der Waals surface area contributed by atoms with Gasteiger partial charge in [-0.15, -0.1) is 0 Å². The lowest BCUT2D eigenvalue weighted by Crippen LogP contribution is -2.25. The van der Waals surface area contributed by atoms with Crippen molar-refractivity contribution in [1.82, 2.24) is 10.2 Å². The van der Waals surface area contributed by atoms with Gasteiger partial charge in [0, 0.05) is 26.7 Å². The van der Waals surface area contributed by atoms with Crippen molar-refractivity contribution >= 4 is 0 Å². The number of fused-ring (bicyclic) bond motifs is 1. The van der Waals surface area contributed by atoms with E-state index < -0.39 is 0 Å². The molecule has 0 radical (unpaired) electrons. The Morgan fingerprint density at radius 3 is 3.06 bits per heavy atom. The van der Waals surface area contributed by atoms with E-state index in [4.69, 9.17) is 4.74 Å². The topological polar surface area (TPSA) is 24.5 Å². The van der Waals surface area contributed by atoms with E-state index in [2.05, 4.69) is 35.5 Å². The second-order valence-corrected chi connectivity index (χ2v) is 4.76. The zero-order valence-corrected chi connectivity index (χ0v) is 10.8. The Bertz CT molecular complexity index is 365. The smallest absolute Gasteiger partial charge is 0.0589 e. The van der Waals surface area contributed by atoms with Crippen LogP contribution < -0.4 is 5.32 Å². The summed E-state index contributed by atoms with van der Waals surface area (Å²) in [6, 6.07) is 6.88. The molecule has 0 bridgehead atoms. The molecule has 0 saturated carbocycles. The molecule has 0 aromatic heterocycles. The number of benzene rings is 1. The van der Waals surface area contributed by atoms with E-state index in [0.717, 1.165) is 39.2 Å². The molecule has 0 aliphatic carbocycles. The maximum Gasteiger partial charge on any atom is 0.0589 e. The first kappa shape index (κ1) is 12.6. The first-order valence-corrected chi connectivity index (χ1v) is 6.28. The van der Waals surface area contributed by atoms with Crippen molar-refractivity contribution in [3.63, 3.8) is 0 Å². The summed E-state index contributed by atoms with van der Waals surface area (Å²) in [5.41, 5.74) is 4.37. The van der Waals surface area contributed by atoms with E-state index >= 15 is 0 Å². The molecule has 0 atom stereocenters. The lowest BCUT2D eigenvalue weighted by Gasteiger charge is -2.20. The predicted octanol–water partition coefficient (Wildman–Crippen LogP) is 1.41. The standard InChI is InChI=1S/C14H22N2O/c1-16(7-8-17-2)11-12-3-4-13-5-6-15-10-14(13)9-12/h3-4,9,15H,5-8,10-11H2,1-2H3. The van der Waals surface area contributed by atoms with Crippen molar-refractivity contribution in [3.05, 3.63) is 34.9 Å². The van der Waals surface area contributed by atoms with E-state index in [-0.39, 0.29) is 0 Å². The summed E-state index contributed by atoms with van der Waals surface area (Å²) >= 11 is 0. The number of methoxy groups -OCH3 is 1. The Labute approximate surface area is 104 Å². The molecular weight excluding hydrogens is 212 g/mol. The second kappa shape index (κ2) is 6.15. The third kappa shape index (κ3) is 3.53. The second-order valence-electron chi connectivity index (χ2n) is 4.76. The van der Waals surface area contributed by atoms with Gasteiger partial charge >= 0.3 is 0 Å². The number of ether oxygens (including phenoxy) is 1. The number of nitrogens with zero attached hydrogens (tertiary/aromatic N) is 1. The number of nitrogens with one attached hydrogen (secondary N) is 1. The van der Waals surface area contributed by atoms with E-state index in [1.165, 1.54) is 16.7 Å². The van der Waals surface area contributed by atoms with Crippen LogP contribution in [0.25, 0.3) is 0 Å². The summed E-state index contributed by atoms with van der Waals surface area (Å²) in [5.74, 6) is 0. The normalized spacial score (nSPS) is 15.0. The van der Waals surface area contributed by atoms with Gasteiger partial charge in [0.1, 0.15) is 0 Å². The summed E-state index contributed by atoms with van der Waals surface area (Å²) in [4.78, 5) is 2.29. The Hall–Kier alpha value is -0.900. The van der Waals surface area contributed by atoms with Crippen LogP contribution in [-0.4, -0.2) is 38.8 Å². The maximum absolute atomic E-state index is 5.09. The lowest BCUT2D eigenvalue weighted by molar-refractivity contribution is 0.158. The monoisotopic (exact) mass is 234 g/mol. The molecule has 0 spiro atoms. The minimum Gasteiger partial charge on any atom is -0.383 e. The minimum absolute atomic E-state index is 0.795. The number of hydrogen-bond acceptors (Lipinski definition) is 3. The molecule has 1 N–H and O–H groups in total. The first-order chi connectivity index (χ1) is 8.29. The van der Waals surface area contributed by atoms with Gasteiger partial charge in [0.15, 0.2) is 0 Å². The van der Waals surface area contributed by atoms with Crippen molar-refractivity contribution in [2.24, 2.45) is 0 Å². The Balaban J connectivity index is 1.97. The highest BCUT2D eigenvalue weighted by Crippen LogP contribution is 2.16. The van der Waals surface area contributed by atoms with E-state index in [0.29, 0.717) is 0 Å². The third-order valence-corrected chi connectivity index (χ3v) is 3.29. The van der Waals surface area contributed by atoms with Gasteiger partial charge in [-0.1, -0.05) is 18.2 Å². The average Bonchev–Trinajstić information content (AvgIpc) is 2.36. The van der Waals surface area contributed by atoms with Gasteiger partial charge in [-0.25, -0.2) is 0 Å². The van der Waals surface area contributed by atoms with Crippen molar-refractivity contribution in [1.29, 1.82) is 0 Å². The Morgan fingerprint density at radius 2 is 2.24 bits per heavy atom. The molecule has 3 nitrogen and oxygen atoms in total. The van der Waals surface area contributed by atoms with E-state index in [9.17, 15) is 0 Å². The summed E-state index contributed by atoms with van der Waals surface area (Å²) in [6.07, 6.45) is 1.16. The van der Waals surface area contributed by atoms with Crippen LogP contribution >= 0.6 is 0 Å². The average molecular weight is 234 g/mol. The van der Waals surface area contributed by atoms with Gasteiger partial charge in [0.05, 0.1) is 6.61 Å². The van der Waals surface area contributed by atoms with Crippen molar-refractivity contribution in [2.75, 3.05) is 33.9 Å². The molecule has 94 valence electrons. The molecule has 0 unspecified atom stereocenters. The fourth-order valence-corrected chi connectivity index (χ4v) is 2.27. The summed E-state index contributed by atoms with van der Waals surface area (Å²) < 4.78 is 5.09. The van der Waals surface area contributed by atoms with Crippen LogP contribution in [0.5, 0.6) is 0 Å². The van der Waals surface area contributed by atoms with Crippen LogP contribution in [0.4, 0.5) is 0 Å². The third-order valence-electron chi connectivity index (χ3n) is 3.29. The maximum atomic E-state index is 5.09. The SMILES string of the molecule is COCCN(C)Cc1ccc2c(c1)CNCC2. The van der Waals surface area contributed by atoms with Gasteiger partial charge in [-0.2, -0.15) is 0 Å². The number of likely N-dealkylation sites (N-methyl/N-ethyl adjacent to an activating group) is 1. The molecule has 1 aromatic carbocycles. The van der Waals surface area contributed by atoms with Crippen molar-refractivity contribution in [3.8, 4) is 0 Å². The Morgan fingerprint density at radius 1 is 1.35 bits per heavy atom. The minimum atomic E-state index is 0.795. The highest BCUT2D eigenvalue weighted by Gasteiger charge is 2.09. The van der Waals surface area contributed by atoms with Crippen LogP contribution in [0.2, 0.25) is 0 Å². The van der Waals surface area contributed by atoms with Gasteiger partial charge in [0.2, 0.25) is 0 Å². The van der Waals surface area contributed by atoms with E-state index in [1.54, 1.807) is 7.11 Å². The molecule has 1 aliphatic heterocycles. The summed E-state index contributed by atoms with van der Waals surface area (Å²) in [5, 5.41) is 3.42. The zero-order chi connectivity index (χ0) is 12.1. The van der Waals surface area contributed by atoms with Gasteiger partial charge in [-0.05, 0) is 36.7 Å². The van der Waals surface area contributed by atoms with Crippen LogP contribution in [0, 0.1) is 0 Å². The first-order valence-electron chi connectivity index (χ1n) is 6.28. The largest absolute Gasteiger partial charge is 0.383 e. The molecule has 3 heteroatoms. The fourth-order valence-electron chi connectivity index (χ4n) is 2.27. The molecule has 1 aromatic rings. The highest BCUT2D eigenvalue weighted by molar-refractivity contribution is 5.33. The zero-order valence-electron chi connectivity index (χ0n) is 10.8. The molecule has 1 heterocycles. The highest BCUT2D eigenvalue weighted by atomic mass is 16.5. The van der Waals surface area contributed by atoms with Crippen molar-refractivity contribution in [2.45, 2.75) is 19.5 Å². The number of rotatable bonds is 5. The molecule has 0 fully saturated rings. The predicted molar refractivity (Wildman–Crippen MR) is 70.1 cm³/mol. The van der Waals surface area contributed by atoms with Crippen LogP contribution in [0.15, 0.2) is 18.2 Å². The van der Waals surface area contributed by atoms with Crippen LogP contribution in [-0.2, 0) is 24.2 Å². The summed E-state index contributed by atoms with van der Waals surface area (Å²) in [7, 11) is 3.88. The molecule has 0 amide bonds. The molecular formula is C14H22N2O. The van der Waals surface area contributed by atoms with Gasteiger partial charge in [-0.3, -0.25) is 4.90 Å². The van der Waals surface area contributed by atoms with Crippen molar-refractivity contribution < 1.29 is 4.74 Å². The van der Waals surface area contributed by atoms with Crippen LogP contribution in [0.1, 0.15) is 16.7 Å². The van der Waals surface area contributed by atoms with Gasteiger partial charge < -0.3 is 10.1 Å². The molecule has 17 heavy (non-hydrogen) atoms. The van der Waals surface area contributed by atoms with E-state index in [1.807, 2.05) is 0 Å². The quantitative estimate of drug-likeness (QED) is 0.833. The summed E-state index contributed by atoms with van der Waals surface area (Å²) in [6.45, 7) is 4.90. The van der Waals surface area contributed by atoms with Gasteiger partial charge in [0.25, 0.3) is 0 Å².